The average molecular weight is 299 g/mol. The number of sulfonamides is 1. The highest BCUT2D eigenvalue weighted by molar-refractivity contribution is 7.89. The van der Waals surface area contributed by atoms with Crippen LogP contribution < -0.4 is 15.8 Å². The smallest absolute Gasteiger partial charge is 0.238 e. The van der Waals surface area contributed by atoms with Crippen LogP contribution in [0.4, 0.5) is 0 Å². The van der Waals surface area contributed by atoms with Crippen molar-refractivity contribution < 1.29 is 13.2 Å². The molecule has 0 heterocycles. The monoisotopic (exact) mass is 299 g/mol. The molecule has 0 bridgehead atoms. The van der Waals surface area contributed by atoms with Crippen LogP contribution in [0.1, 0.15) is 31.9 Å². The Morgan fingerprint density at radius 2 is 2.10 bits per heavy atom. The highest BCUT2D eigenvalue weighted by Gasteiger charge is 2.12. The van der Waals surface area contributed by atoms with Crippen molar-refractivity contribution in [3.63, 3.8) is 0 Å². The molecule has 0 saturated carbocycles. The average Bonchev–Trinajstić information content (AvgIpc) is 2.41. The third kappa shape index (κ3) is 5.28. The van der Waals surface area contributed by atoms with Crippen molar-refractivity contribution in [2.45, 2.75) is 31.2 Å². The summed E-state index contributed by atoms with van der Waals surface area (Å²) in [6.45, 7) is 4.67. The Balaban J connectivity index is 2.64. The molecule has 0 radical (unpaired) electrons. The fourth-order valence-corrected chi connectivity index (χ4v) is 2.22. The number of primary sulfonamides is 1. The third-order valence-electron chi connectivity index (χ3n) is 2.83. The first-order valence-electron chi connectivity index (χ1n) is 6.47. The lowest BCUT2D eigenvalue weighted by Gasteiger charge is -2.14. The number of rotatable bonds is 7. The van der Waals surface area contributed by atoms with E-state index in [0.717, 1.165) is 12.0 Å². The Labute approximate surface area is 119 Å². The Bertz CT molecular complexity index is 558. The van der Waals surface area contributed by atoms with Gasteiger partial charge in [0.1, 0.15) is 0 Å². The lowest BCUT2D eigenvalue weighted by atomic mass is 10.1. The van der Waals surface area contributed by atoms with Crippen LogP contribution in [0.3, 0.4) is 0 Å². The van der Waals surface area contributed by atoms with Gasteiger partial charge in [-0.25, -0.2) is 13.6 Å². The summed E-state index contributed by atoms with van der Waals surface area (Å²) in [6, 6.07) is 6.22. The van der Waals surface area contributed by atoms with Crippen LogP contribution in [0, 0.1) is 0 Å². The van der Waals surface area contributed by atoms with E-state index in [0.29, 0.717) is 6.54 Å². The molecule has 0 spiro atoms. The molecular formula is C13H21N3O3S. The van der Waals surface area contributed by atoms with Gasteiger partial charge in [0.15, 0.2) is 0 Å². The van der Waals surface area contributed by atoms with Gasteiger partial charge in [0.05, 0.1) is 11.4 Å². The molecular weight excluding hydrogens is 278 g/mol. The highest BCUT2D eigenvalue weighted by Crippen LogP contribution is 2.16. The van der Waals surface area contributed by atoms with E-state index in [1.165, 1.54) is 12.1 Å². The second-order valence-electron chi connectivity index (χ2n) is 4.57. The Morgan fingerprint density at radius 1 is 1.40 bits per heavy atom. The molecule has 6 nitrogen and oxygen atoms in total. The SMILES string of the molecule is CCCNC(=O)CNC(C)c1cccc(S(N)(=O)=O)c1. The zero-order valence-electron chi connectivity index (χ0n) is 11.7. The van der Waals surface area contributed by atoms with Crippen LogP contribution in [-0.2, 0) is 14.8 Å². The summed E-state index contributed by atoms with van der Waals surface area (Å²) < 4.78 is 22.6. The van der Waals surface area contributed by atoms with Gasteiger partial charge in [-0.3, -0.25) is 4.79 Å². The fraction of sp³-hybridized carbons (Fsp3) is 0.462. The van der Waals surface area contributed by atoms with E-state index in [4.69, 9.17) is 5.14 Å². The van der Waals surface area contributed by atoms with Gasteiger partial charge < -0.3 is 10.6 Å². The van der Waals surface area contributed by atoms with Crippen LogP contribution in [0.15, 0.2) is 29.2 Å². The van der Waals surface area contributed by atoms with Crippen LogP contribution in [0.2, 0.25) is 0 Å². The minimum Gasteiger partial charge on any atom is -0.355 e. The fourth-order valence-electron chi connectivity index (χ4n) is 1.65. The van der Waals surface area contributed by atoms with Crippen molar-refractivity contribution >= 4 is 15.9 Å². The molecule has 112 valence electrons. The van der Waals surface area contributed by atoms with E-state index in [9.17, 15) is 13.2 Å². The molecule has 4 N–H and O–H groups in total. The van der Waals surface area contributed by atoms with E-state index in [-0.39, 0.29) is 23.4 Å². The Hall–Kier alpha value is -1.44. The van der Waals surface area contributed by atoms with Gasteiger partial charge in [-0.1, -0.05) is 19.1 Å². The summed E-state index contributed by atoms with van der Waals surface area (Å²) in [7, 11) is -3.71. The molecule has 7 heteroatoms. The number of carbonyl (C=O) groups is 1. The van der Waals surface area contributed by atoms with E-state index in [1.807, 2.05) is 13.8 Å². The van der Waals surface area contributed by atoms with Gasteiger partial charge in [-0.2, -0.15) is 0 Å². The summed E-state index contributed by atoms with van der Waals surface area (Å²) in [5.74, 6) is -0.0821. The molecule has 0 fully saturated rings. The molecule has 0 aliphatic rings. The number of hydrogen-bond acceptors (Lipinski definition) is 4. The number of carbonyl (C=O) groups excluding carboxylic acids is 1. The van der Waals surface area contributed by atoms with Crippen LogP contribution in [0.5, 0.6) is 0 Å². The summed E-state index contributed by atoms with van der Waals surface area (Å²) in [5.41, 5.74) is 0.764. The van der Waals surface area contributed by atoms with Gasteiger partial charge >= 0.3 is 0 Å². The first-order chi connectivity index (χ1) is 9.34. The lowest BCUT2D eigenvalue weighted by molar-refractivity contribution is -0.120. The molecule has 1 aromatic rings. The van der Waals surface area contributed by atoms with E-state index in [2.05, 4.69) is 10.6 Å². The van der Waals surface area contributed by atoms with Crippen molar-refractivity contribution in [2.75, 3.05) is 13.1 Å². The predicted molar refractivity (Wildman–Crippen MR) is 77.5 cm³/mol. The first-order valence-corrected chi connectivity index (χ1v) is 8.02. The molecule has 0 aliphatic heterocycles. The van der Waals surface area contributed by atoms with Gasteiger partial charge in [-0.15, -0.1) is 0 Å². The second kappa shape index (κ2) is 7.37. The summed E-state index contributed by atoms with van der Waals surface area (Å²) in [4.78, 5) is 11.5. The summed E-state index contributed by atoms with van der Waals surface area (Å²) in [6.07, 6.45) is 0.887. The quantitative estimate of drug-likeness (QED) is 0.683. The number of nitrogens with two attached hydrogens (primary N) is 1. The number of benzene rings is 1. The first kappa shape index (κ1) is 16.6. The maximum atomic E-state index is 11.5. The molecule has 0 aliphatic carbocycles. The van der Waals surface area contributed by atoms with Gasteiger partial charge in [0.25, 0.3) is 0 Å². The molecule has 1 rings (SSSR count). The molecule has 0 saturated heterocycles. The van der Waals surface area contributed by atoms with Crippen molar-refractivity contribution in [3.8, 4) is 0 Å². The normalized spacial score (nSPS) is 12.9. The van der Waals surface area contributed by atoms with Crippen molar-refractivity contribution in [1.29, 1.82) is 0 Å². The van der Waals surface area contributed by atoms with Crippen LogP contribution in [0.25, 0.3) is 0 Å². The van der Waals surface area contributed by atoms with Gasteiger partial charge in [0.2, 0.25) is 15.9 Å². The molecule has 0 aromatic heterocycles. The minimum absolute atomic E-state index is 0.0686. The van der Waals surface area contributed by atoms with Crippen LogP contribution in [-0.4, -0.2) is 27.4 Å². The maximum absolute atomic E-state index is 11.5. The number of hydrogen-bond donors (Lipinski definition) is 3. The standard InChI is InChI=1S/C13H21N3O3S/c1-3-7-15-13(17)9-16-10(2)11-5-4-6-12(8-11)20(14,18)19/h4-6,8,10,16H,3,7,9H2,1-2H3,(H,15,17)(H2,14,18,19). The number of nitrogens with one attached hydrogen (secondary N) is 2. The molecule has 1 atom stereocenters. The zero-order chi connectivity index (χ0) is 15.2. The zero-order valence-corrected chi connectivity index (χ0v) is 12.5. The summed E-state index contributed by atoms with van der Waals surface area (Å²) >= 11 is 0. The second-order valence-corrected chi connectivity index (χ2v) is 6.13. The van der Waals surface area contributed by atoms with Crippen molar-refractivity contribution in [2.24, 2.45) is 5.14 Å². The minimum atomic E-state index is -3.71. The molecule has 1 amide bonds. The largest absolute Gasteiger partial charge is 0.355 e. The Kier molecular flexibility index (Phi) is 6.12. The lowest BCUT2D eigenvalue weighted by Crippen LogP contribution is -2.35. The van der Waals surface area contributed by atoms with E-state index in [1.54, 1.807) is 12.1 Å². The number of amides is 1. The highest BCUT2D eigenvalue weighted by atomic mass is 32.2. The van der Waals surface area contributed by atoms with Gasteiger partial charge in [0, 0.05) is 12.6 Å². The van der Waals surface area contributed by atoms with E-state index >= 15 is 0 Å². The summed E-state index contributed by atoms with van der Waals surface area (Å²) in [5, 5.41) is 10.9. The molecule has 1 aromatic carbocycles. The van der Waals surface area contributed by atoms with Gasteiger partial charge in [-0.05, 0) is 31.0 Å². The van der Waals surface area contributed by atoms with Crippen molar-refractivity contribution in [3.05, 3.63) is 29.8 Å². The topological polar surface area (TPSA) is 101 Å². The van der Waals surface area contributed by atoms with Crippen molar-refractivity contribution in [1.82, 2.24) is 10.6 Å². The molecule has 1 unspecified atom stereocenters. The predicted octanol–water partition coefficient (Wildman–Crippen LogP) is 0.511. The van der Waals surface area contributed by atoms with Crippen LogP contribution >= 0.6 is 0 Å². The Morgan fingerprint density at radius 3 is 2.70 bits per heavy atom. The molecule has 20 heavy (non-hydrogen) atoms. The van der Waals surface area contributed by atoms with E-state index < -0.39 is 10.0 Å². The maximum Gasteiger partial charge on any atom is 0.238 e. The third-order valence-corrected chi connectivity index (χ3v) is 3.74.